The summed E-state index contributed by atoms with van der Waals surface area (Å²) in [5.41, 5.74) is 3.25. The zero-order valence-electron chi connectivity index (χ0n) is 15.4. The molecule has 0 saturated heterocycles. The SMILES string of the molecule is COC(=O)CN=C(C(Cl)=C(N)C(F)(F)F)c1nc(-c2cccc(S(C)(=O)=O)c2)ns1. The zero-order chi connectivity index (χ0) is 22.7. The van der Waals surface area contributed by atoms with Crippen LogP contribution in [0.5, 0.6) is 0 Å². The molecule has 0 unspecified atom stereocenters. The summed E-state index contributed by atoms with van der Waals surface area (Å²) in [5.74, 6) is -0.797. The third-order valence-electron chi connectivity index (χ3n) is 3.49. The van der Waals surface area contributed by atoms with Crippen molar-refractivity contribution in [1.82, 2.24) is 9.36 Å². The first-order chi connectivity index (χ1) is 13.8. The Morgan fingerprint density at radius 2 is 2.03 bits per heavy atom. The lowest BCUT2D eigenvalue weighted by atomic mass is 10.2. The summed E-state index contributed by atoms with van der Waals surface area (Å²) in [5, 5.41) is -1.12. The molecule has 0 aliphatic carbocycles. The van der Waals surface area contributed by atoms with Crippen molar-refractivity contribution in [3.8, 4) is 11.4 Å². The van der Waals surface area contributed by atoms with E-state index in [-0.39, 0.29) is 15.7 Å². The number of aliphatic imine (C=N–C) groups is 1. The average molecular weight is 483 g/mol. The van der Waals surface area contributed by atoms with Gasteiger partial charge in [0.05, 0.1) is 17.0 Å². The topological polar surface area (TPSA) is 125 Å². The lowest BCUT2D eigenvalue weighted by Gasteiger charge is -2.10. The van der Waals surface area contributed by atoms with Crippen molar-refractivity contribution in [2.24, 2.45) is 10.7 Å². The molecule has 2 aromatic rings. The third kappa shape index (κ3) is 5.77. The minimum Gasteiger partial charge on any atom is -0.468 e. The highest BCUT2D eigenvalue weighted by atomic mass is 35.5. The molecule has 2 rings (SSSR count). The fraction of sp³-hybridized carbons (Fsp3) is 0.250. The number of benzene rings is 1. The predicted molar refractivity (Wildman–Crippen MR) is 105 cm³/mol. The largest absolute Gasteiger partial charge is 0.468 e. The number of methoxy groups -OCH3 is 1. The molecule has 0 amide bonds. The maximum Gasteiger partial charge on any atom is 0.432 e. The fourth-order valence-electron chi connectivity index (χ4n) is 1.99. The Morgan fingerprint density at radius 1 is 1.37 bits per heavy atom. The summed E-state index contributed by atoms with van der Waals surface area (Å²) in [7, 11) is -2.42. The maximum absolute atomic E-state index is 13.0. The molecule has 8 nitrogen and oxygen atoms in total. The Hall–Kier alpha value is -2.51. The first-order valence-electron chi connectivity index (χ1n) is 7.83. The molecule has 1 aromatic carbocycles. The van der Waals surface area contributed by atoms with Crippen molar-refractivity contribution >= 4 is 44.7 Å². The number of hydrogen-bond acceptors (Lipinski definition) is 9. The number of allylic oxidation sites excluding steroid dienone is 2. The zero-order valence-corrected chi connectivity index (χ0v) is 17.8. The number of halogens is 4. The molecule has 0 aliphatic heterocycles. The quantitative estimate of drug-likeness (QED) is 0.495. The maximum atomic E-state index is 13.0. The van der Waals surface area contributed by atoms with Gasteiger partial charge in [0, 0.05) is 11.8 Å². The summed E-state index contributed by atoms with van der Waals surface area (Å²) in [6.45, 7) is -0.633. The Balaban J connectivity index is 2.55. The summed E-state index contributed by atoms with van der Waals surface area (Å²) >= 11 is 6.44. The van der Waals surface area contributed by atoms with E-state index >= 15 is 0 Å². The van der Waals surface area contributed by atoms with E-state index in [0.717, 1.165) is 13.4 Å². The number of ether oxygens (including phenoxy) is 1. The van der Waals surface area contributed by atoms with Crippen LogP contribution in [0.25, 0.3) is 11.4 Å². The van der Waals surface area contributed by atoms with E-state index in [1.807, 2.05) is 0 Å². The van der Waals surface area contributed by atoms with Gasteiger partial charge in [0.1, 0.15) is 18.0 Å². The second kappa shape index (κ2) is 9.10. The van der Waals surface area contributed by atoms with Crippen LogP contribution in [0.2, 0.25) is 0 Å². The molecular formula is C16H14ClF3N4O4S2. The molecule has 0 atom stereocenters. The van der Waals surface area contributed by atoms with Gasteiger partial charge in [-0.1, -0.05) is 23.7 Å². The molecule has 0 spiro atoms. The van der Waals surface area contributed by atoms with Gasteiger partial charge < -0.3 is 10.5 Å². The number of alkyl halides is 3. The van der Waals surface area contributed by atoms with Crippen LogP contribution in [0.1, 0.15) is 5.01 Å². The van der Waals surface area contributed by atoms with Crippen LogP contribution in [0.3, 0.4) is 0 Å². The number of carbonyl (C=O) groups excluding carboxylic acids is 1. The minimum atomic E-state index is -4.94. The Kier molecular flexibility index (Phi) is 7.21. The second-order valence-electron chi connectivity index (χ2n) is 5.69. The molecular weight excluding hydrogens is 469 g/mol. The standard InChI is InChI=1S/C16H14ClF3N4O4S2/c1-28-10(25)7-22-12(11(17)13(21)16(18,19)20)15-23-14(24-29-15)8-4-3-5-9(6-8)30(2,26)27/h3-6H,7,21H2,1-2H3. The van der Waals surface area contributed by atoms with E-state index in [1.165, 1.54) is 24.3 Å². The Labute approximate surface area is 178 Å². The summed E-state index contributed by atoms with van der Waals surface area (Å²) < 4.78 is 70.8. The van der Waals surface area contributed by atoms with E-state index in [9.17, 15) is 26.4 Å². The van der Waals surface area contributed by atoms with E-state index in [2.05, 4.69) is 19.1 Å². The third-order valence-corrected chi connectivity index (χ3v) is 5.71. The normalized spacial score (nSPS) is 13.7. The fourth-order valence-corrected chi connectivity index (χ4v) is 3.67. The van der Waals surface area contributed by atoms with Crippen LogP contribution >= 0.6 is 23.1 Å². The molecule has 0 fully saturated rings. The predicted octanol–water partition coefficient (Wildman–Crippen LogP) is 2.54. The van der Waals surface area contributed by atoms with Gasteiger partial charge >= 0.3 is 12.1 Å². The molecule has 0 saturated carbocycles. The van der Waals surface area contributed by atoms with Gasteiger partial charge in [-0.25, -0.2) is 13.4 Å². The van der Waals surface area contributed by atoms with Crippen LogP contribution in [0.4, 0.5) is 13.2 Å². The van der Waals surface area contributed by atoms with E-state index in [1.54, 1.807) is 0 Å². The molecule has 162 valence electrons. The summed E-state index contributed by atoms with van der Waals surface area (Å²) in [4.78, 5) is 19.2. The van der Waals surface area contributed by atoms with Crippen LogP contribution in [0, 0.1) is 0 Å². The Morgan fingerprint density at radius 3 is 2.60 bits per heavy atom. The van der Waals surface area contributed by atoms with E-state index in [0.29, 0.717) is 17.1 Å². The number of hydrogen-bond donors (Lipinski definition) is 1. The smallest absolute Gasteiger partial charge is 0.432 e. The summed E-state index contributed by atoms with van der Waals surface area (Å²) in [6, 6.07) is 5.67. The first-order valence-corrected chi connectivity index (χ1v) is 10.9. The first kappa shape index (κ1) is 23.8. The van der Waals surface area contributed by atoms with Crippen LogP contribution in [0.15, 0.2) is 44.9 Å². The number of nitrogens with two attached hydrogens (primary N) is 1. The number of esters is 1. The molecule has 2 N–H and O–H groups in total. The minimum absolute atomic E-state index is 0.00942. The number of sulfone groups is 1. The molecule has 1 heterocycles. The summed E-state index contributed by atoms with van der Waals surface area (Å²) in [6.07, 6.45) is -3.92. The monoisotopic (exact) mass is 482 g/mol. The molecule has 0 aliphatic rings. The van der Waals surface area contributed by atoms with E-state index in [4.69, 9.17) is 17.3 Å². The van der Waals surface area contributed by atoms with E-state index < -0.39 is 45.0 Å². The molecule has 14 heteroatoms. The number of rotatable bonds is 6. The van der Waals surface area contributed by atoms with Crippen molar-refractivity contribution in [1.29, 1.82) is 0 Å². The van der Waals surface area contributed by atoms with Crippen molar-refractivity contribution in [3.63, 3.8) is 0 Å². The van der Waals surface area contributed by atoms with Gasteiger partial charge in [0.2, 0.25) is 0 Å². The highest BCUT2D eigenvalue weighted by molar-refractivity contribution is 7.90. The number of nitrogens with zero attached hydrogens (tertiary/aromatic N) is 3. The Bertz CT molecular complexity index is 1130. The van der Waals surface area contributed by atoms with Gasteiger partial charge in [-0.05, 0) is 23.7 Å². The van der Waals surface area contributed by atoms with Crippen molar-refractivity contribution in [2.75, 3.05) is 19.9 Å². The van der Waals surface area contributed by atoms with Crippen LogP contribution < -0.4 is 5.73 Å². The van der Waals surface area contributed by atoms with Crippen molar-refractivity contribution in [2.45, 2.75) is 11.1 Å². The molecule has 30 heavy (non-hydrogen) atoms. The van der Waals surface area contributed by atoms with Gasteiger partial charge in [0.25, 0.3) is 0 Å². The van der Waals surface area contributed by atoms with Gasteiger partial charge in [-0.3, -0.25) is 9.79 Å². The van der Waals surface area contributed by atoms with Crippen molar-refractivity contribution < 1.29 is 31.1 Å². The van der Waals surface area contributed by atoms with Crippen LogP contribution in [-0.2, 0) is 19.4 Å². The lowest BCUT2D eigenvalue weighted by molar-refractivity contribution is -0.138. The van der Waals surface area contributed by atoms with Gasteiger partial charge in [0.15, 0.2) is 20.7 Å². The molecule has 1 aromatic heterocycles. The average Bonchev–Trinajstić information content (AvgIpc) is 3.15. The van der Waals surface area contributed by atoms with Gasteiger partial charge in [-0.2, -0.15) is 17.5 Å². The number of aromatic nitrogens is 2. The van der Waals surface area contributed by atoms with Crippen molar-refractivity contribution in [3.05, 3.63) is 40.0 Å². The molecule has 0 radical (unpaired) electrons. The number of carbonyl (C=O) groups is 1. The van der Waals surface area contributed by atoms with Gasteiger partial charge in [-0.15, -0.1) is 0 Å². The second-order valence-corrected chi connectivity index (χ2v) is 8.84. The molecule has 0 bridgehead atoms. The highest BCUT2D eigenvalue weighted by Gasteiger charge is 2.36. The lowest BCUT2D eigenvalue weighted by Crippen LogP contribution is -2.23. The highest BCUT2D eigenvalue weighted by Crippen LogP contribution is 2.29. The van der Waals surface area contributed by atoms with Crippen LogP contribution in [-0.4, -0.2) is 55.5 Å².